The van der Waals surface area contributed by atoms with E-state index in [9.17, 15) is 14.0 Å². The number of amides is 2. The van der Waals surface area contributed by atoms with Crippen LogP contribution in [0.5, 0.6) is 0 Å². The Kier molecular flexibility index (Phi) is 5.47. The van der Waals surface area contributed by atoms with Crippen LogP contribution in [0.15, 0.2) is 54.5 Å². The third kappa shape index (κ3) is 4.32. The average Bonchev–Trinajstić information content (AvgIpc) is 3.19. The van der Waals surface area contributed by atoms with Crippen LogP contribution >= 0.6 is 0 Å². The summed E-state index contributed by atoms with van der Waals surface area (Å²) in [6.45, 7) is 2.24. The Morgan fingerprint density at radius 3 is 2.87 bits per heavy atom. The molecule has 0 radical (unpaired) electrons. The molecular weight excluding hydrogens is 385 g/mol. The van der Waals surface area contributed by atoms with E-state index in [0.717, 1.165) is 5.56 Å². The van der Waals surface area contributed by atoms with Crippen LogP contribution < -0.4 is 5.32 Å². The second-order valence-corrected chi connectivity index (χ2v) is 7.17. The molecule has 1 saturated heterocycles. The highest BCUT2D eigenvalue weighted by molar-refractivity contribution is 6.06. The van der Waals surface area contributed by atoms with Gasteiger partial charge in [0.1, 0.15) is 12.0 Å². The zero-order chi connectivity index (χ0) is 21.1. The molecule has 1 fully saturated rings. The molecule has 0 aromatic carbocycles. The number of carbonyl (C=O) groups excluding carboxylic acids is 2. The number of carbonyl (C=O) groups is 2. The quantitative estimate of drug-likeness (QED) is 0.673. The van der Waals surface area contributed by atoms with Gasteiger partial charge in [0.15, 0.2) is 5.65 Å². The molecule has 4 rings (SSSR count). The number of hydrogen-bond acceptors (Lipinski definition) is 5. The third-order valence-electron chi connectivity index (χ3n) is 4.87. The van der Waals surface area contributed by atoms with Crippen molar-refractivity contribution in [3.8, 4) is 0 Å². The first-order valence-corrected chi connectivity index (χ1v) is 9.59. The van der Waals surface area contributed by atoms with Gasteiger partial charge >= 0.3 is 0 Å². The third-order valence-corrected chi connectivity index (χ3v) is 4.87. The molecule has 1 atom stereocenters. The van der Waals surface area contributed by atoms with Crippen molar-refractivity contribution < 1.29 is 14.0 Å². The van der Waals surface area contributed by atoms with Crippen LogP contribution in [0.3, 0.4) is 0 Å². The smallest absolute Gasteiger partial charge is 0.255 e. The van der Waals surface area contributed by atoms with Crippen molar-refractivity contribution >= 4 is 34.7 Å². The van der Waals surface area contributed by atoms with Gasteiger partial charge in [-0.15, -0.1) is 0 Å². The minimum atomic E-state index is -0.967. The lowest BCUT2D eigenvalue weighted by Gasteiger charge is -2.15. The number of aromatic nitrogens is 3. The summed E-state index contributed by atoms with van der Waals surface area (Å²) in [5.74, 6) is -0.164. The van der Waals surface area contributed by atoms with Gasteiger partial charge in [-0.25, -0.2) is 14.4 Å². The molecule has 7 nitrogen and oxygen atoms in total. The molecule has 0 aliphatic carbocycles. The van der Waals surface area contributed by atoms with Gasteiger partial charge in [-0.1, -0.05) is 6.07 Å². The average molecular weight is 405 g/mol. The van der Waals surface area contributed by atoms with Crippen molar-refractivity contribution in [2.24, 2.45) is 0 Å². The standard InChI is InChI=1S/C22H20FN5O2/c1-14(9-15-3-2-7-24-11-15)21(29)27-19-5-4-16-10-17(12-25-20(16)26-19)22(30)28-8-6-18(23)13-28/h2-5,7,9-12,18H,6,8,13H2,1H3,(H,25,26,27,29)/b14-9-/t18-/m1/s1. The van der Waals surface area contributed by atoms with Gasteiger partial charge in [0.05, 0.1) is 12.1 Å². The summed E-state index contributed by atoms with van der Waals surface area (Å²) in [7, 11) is 0. The zero-order valence-electron chi connectivity index (χ0n) is 16.4. The van der Waals surface area contributed by atoms with Gasteiger partial charge in [0, 0.05) is 36.1 Å². The molecule has 0 spiro atoms. The van der Waals surface area contributed by atoms with Crippen molar-refractivity contribution in [2.75, 3.05) is 18.4 Å². The topological polar surface area (TPSA) is 88.1 Å². The van der Waals surface area contributed by atoms with Crippen LogP contribution in [0.1, 0.15) is 29.3 Å². The van der Waals surface area contributed by atoms with Crippen molar-refractivity contribution in [3.05, 3.63) is 65.6 Å². The van der Waals surface area contributed by atoms with E-state index in [2.05, 4.69) is 20.3 Å². The van der Waals surface area contributed by atoms with E-state index in [4.69, 9.17) is 0 Å². The van der Waals surface area contributed by atoms with Crippen molar-refractivity contribution in [2.45, 2.75) is 19.5 Å². The molecule has 30 heavy (non-hydrogen) atoms. The van der Waals surface area contributed by atoms with Gasteiger partial charge in [0.2, 0.25) is 0 Å². The van der Waals surface area contributed by atoms with Crippen LogP contribution in [-0.4, -0.2) is 50.9 Å². The molecule has 0 unspecified atom stereocenters. The van der Waals surface area contributed by atoms with E-state index in [0.29, 0.717) is 41.0 Å². The van der Waals surface area contributed by atoms with E-state index in [1.54, 1.807) is 49.7 Å². The van der Waals surface area contributed by atoms with Crippen molar-refractivity contribution in [1.82, 2.24) is 19.9 Å². The van der Waals surface area contributed by atoms with Crippen LogP contribution in [0.4, 0.5) is 10.2 Å². The minimum Gasteiger partial charge on any atom is -0.336 e. The Bertz CT molecular complexity index is 1130. The number of nitrogens with one attached hydrogen (secondary N) is 1. The summed E-state index contributed by atoms with van der Waals surface area (Å²) in [4.78, 5) is 39.0. The van der Waals surface area contributed by atoms with Gasteiger partial charge in [-0.3, -0.25) is 14.6 Å². The summed E-state index contributed by atoms with van der Waals surface area (Å²) in [5, 5.41) is 3.41. The summed E-state index contributed by atoms with van der Waals surface area (Å²) in [6.07, 6.45) is 5.91. The second-order valence-electron chi connectivity index (χ2n) is 7.17. The number of anilines is 1. The van der Waals surface area contributed by atoms with E-state index in [1.807, 2.05) is 6.07 Å². The highest BCUT2D eigenvalue weighted by Gasteiger charge is 2.26. The Morgan fingerprint density at radius 2 is 2.13 bits per heavy atom. The number of hydrogen-bond donors (Lipinski definition) is 1. The van der Waals surface area contributed by atoms with Gasteiger partial charge < -0.3 is 10.2 Å². The van der Waals surface area contributed by atoms with Gasteiger partial charge in [-0.05, 0) is 49.2 Å². The number of likely N-dealkylation sites (tertiary alicyclic amines) is 1. The van der Waals surface area contributed by atoms with E-state index >= 15 is 0 Å². The minimum absolute atomic E-state index is 0.117. The summed E-state index contributed by atoms with van der Waals surface area (Å²) in [6, 6.07) is 8.73. The maximum atomic E-state index is 13.4. The lowest BCUT2D eigenvalue weighted by molar-refractivity contribution is -0.112. The highest BCUT2D eigenvalue weighted by atomic mass is 19.1. The lowest BCUT2D eigenvalue weighted by atomic mass is 10.1. The van der Waals surface area contributed by atoms with Gasteiger partial charge in [0.25, 0.3) is 11.8 Å². The Labute approximate surface area is 172 Å². The second kappa shape index (κ2) is 8.36. The zero-order valence-corrected chi connectivity index (χ0v) is 16.4. The number of nitrogens with zero attached hydrogens (tertiary/aromatic N) is 4. The summed E-state index contributed by atoms with van der Waals surface area (Å²) >= 11 is 0. The van der Waals surface area contributed by atoms with Crippen LogP contribution in [-0.2, 0) is 4.79 Å². The Balaban J connectivity index is 1.49. The fourth-order valence-corrected chi connectivity index (χ4v) is 3.27. The monoisotopic (exact) mass is 405 g/mol. The molecule has 2 amide bonds. The summed E-state index contributed by atoms with van der Waals surface area (Å²) < 4.78 is 13.4. The molecule has 8 heteroatoms. The predicted octanol–water partition coefficient (Wildman–Crippen LogP) is 3.25. The Morgan fingerprint density at radius 1 is 1.27 bits per heavy atom. The number of rotatable bonds is 4. The molecule has 1 aliphatic rings. The SMILES string of the molecule is C/C(=C/c1cccnc1)C(=O)Nc1ccc2cc(C(=O)N3CC[C@@H](F)C3)cnc2n1. The van der Waals surface area contributed by atoms with E-state index in [1.165, 1.54) is 11.1 Å². The van der Waals surface area contributed by atoms with E-state index < -0.39 is 6.17 Å². The number of halogens is 1. The maximum absolute atomic E-state index is 13.4. The largest absolute Gasteiger partial charge is 0.336 e. The molecule has 1 aliphatic heterocycles. The highest BCUT2D eigenvalue weighted by Crippen LogP contribution is 2.19. The first kappa shape index (κ1) is 19.6. The van der Waals surface area contributed by atoms with E-state index in [-0.39, 0.29) is 18.4 Å². The first-order valence-electron chi connectivity index (χ1n) is 9.59. The molecular formula is C22H20FN5O2. The first-order chi connectivity index (χ1) is 14.5. The number of fused-ring (bicyclic) bond motifs is 1. The molecule has 3 aromatic rings. The fraction of sp³-hybridized carbons (Fsp3) is 0.227. The van der Waals surface area contributed by atoms with Crippen LogP contribution in [0.25, 0.3) is 17.1 Å². The molecule has 3 aromatic heterocycles. The lowest BCUT2D eigenvalue weighted by Crippen LogP contribution is -2.29. The van der Waals surface area contributed by atoms with Crippen LogP contribution in [0.2, 0.25) is 0 Å². The Hall–Kier alpha value is -3.68. The molecule has 1 N–H and O–H groups in total. The predicted molar refractivity (Wildman–Crippen MR) is 111 cm³/mol. The normalized spacial score (nSPS) is 16.7. The van der Waals surface area contributed by atoms with Gasteiger partial charge in [-0.2, -0.15) is 0 Å². The summed E-state index contributed by atoms with van der Waals surface area (Å²) in [5.41, 5.74) is 2.14. The molecule has 0 saturated carbocycles. The van der Waals surface area contributed by atoms with Crippen molar-refractivity contribution in [3.63, 3.8) is 0 Å². The molecule has 0 bridgehead atoms. The maximum Gasteiger partial charge on any atom is 0.255 e. The number of alkyl halides is 1. The fourth-order valence-electron chi connectivity index (χ4n) is 3.27. The van der Waals surface area contributed by atoms with Crippen molar-refractivity contribution in [1.29, 1.82) is 0 Å². The molecule has 4 heterocycles. The number of pyridine rings is 3. The molecule has 152 valence electrons. The van der Waals surface area contributed by atoms with Crippen LogP contribution in [0, 0.1) is 0 Å².